The Morgan fingerprint density at radius 3 is 2.42 bits per heavy atom. The molecule has 3 aliphatic rings. The van der Waals surface area contributed by atoms with Crippen molar-refractivity contribution in [2.24, 2.45) is 23.7 Å². The average Bonchev–Trinajstić information content (AvgIpc) is 3.00. The van der Waals surface area contributed by atoms with Crippen LogP contribution in [0, 0.1) is 23.7 Å². The molecule has 8 heteroatoms. The Morgan fingerprint density at radius 1 is 1.19 bits per heavy atom. The normalized spacial score (nSPS) is 31.7. The number of carbonyl (C=O) groups is 3. The summed E-state index contributed by atoms with van der Waals surface area (Å²) >= 11 is 6.37. The van der Waals surface area contributed by atoms with Crippen LogP contribution in [-0.2, 0) is 23.9 Å². The van der Waals surface area contributed by atoms with Crippen molar-refractivity contribution in [2.45, 2.75) is 52.4 Å². The lowest BCUT2D eigenvalue weighted by atomic mass is 9.66. The molecule has 0 amide bonds. The Morgan fingerprint density at radius 2 is 1.84 bits per heavy atom. The van der Waals surface area contributed by atoms with Gasteiger partial charge < -0.3 is 19.7 Å². The molecule has 1 saturated heterocycles. The molecule has 0 bridgehead atoms. The second-order valence-electron chi connectivity index (χ2n) is 8.67. The van der Waals surface area contributed by atoms with E-state index in [1.165, 1.54) is 27.0 Å². The topological polar surface area (TPSA) is 110 Å². The summed E-state index contributed by atoms with van der Waals surface area (Å²) in [6.07, 6.45) is 4.87. The van der Waals surface area contributed by atoms with E-state index in [1.54, 1.807) is 25.2 Å². The lowest BCUT2D eigenvalue weighted by Gasteiger charge is -2.37. The Labute approximate surface area is 186 Å². The first-order valence-corrected chi connectivity index (χ1v) is 10.6. The maximum Gasteiger partial charge on any atom is 0.318 e. The van der Waals surface area contributed by atoms with Crippen LogP contribution in [0.3, 0.4) is 0 Å². The van der Waals surface area contributed by atoms with Gasteiger partial charge in [0.25, 0.3) is 0 Å². The van der Waals surface area contributed by atoms with Crippen molar-refractivity contribution in [3.63, 3.8) is 0 Å². The van der Waals surface area contributed by atoms with E-state index >= 15 is 0 Å². The molecule has 0 unspecified atom stereocenters. The summed E-state index contributed by atoms with van der Waals surface area (Å²) in [4.78, 5) is 38.8. The standard InChI is InChI=1S/C23H27ClO7/c1-10(12(3)25)6-7-14-8-15-16(9-30-14)18-17(20(27)11(2)13(4)26)22(29)31-23(18,5)21(28)19(15)24/h6-13,17-18,25-26H,1-5H3/b7-6+/t10-,11-,12-,13-,17-,18-,23+/m1/s1. The first-order valence-electron chi connectivity index (χ1n) is 10.2. The second-order valence-corrected chi connectivity index (χ2v) is 9.05. The van der Waals surface area contributed by atoms with Gasteiger partial charge in [-0.2, -0.15) is 0 Å². The van der Waals surface area contributed by atoms with Gasteiger partial charge in [-0.15, -0.1) is 0 Å². The summed E-state index contributed by atoms with van der Waals surface area (Å²) in [5, 5.41) is 19.4. The summed E-state index contributed by atoms with van der Waals surface area (Å²) in [5.41, 5.74) is -0.839. The molecular weight excluding hydrogens is 424 g/mol. The lowest BCUT2D eigenvalue weighted by molar-refractivity contribution is -0.157. The second kappa shape index (κ2) is 8.37. The predicted molar refractivity (Wildman–Crippen MR) is 112 cm³/mol. The van der Waals surface area contributed by atoms with Crippen molar-refractivity contribution in [1.82, 2.24) is 0 Å². The number of ketones is 2. The van der Waals surface area contributed by atoms with Crippen LogP contribution >= 0.6 is 11.6 Å². The summed E-state index contributed by atoms with van der Waals surface area (Å²) in [6, 6.07) is 0. The van der Waals surface area contributed by atoms with Crippen molar-refractivity contribution in [3.8, 4) is 0 Å². The molecule has 7 nitrogen and oxygen atoms in total. The maximum absolute atomic E-state index is 13.1. The number of hydrogen-bond donors (Lipinski definition) is 2. The molecule has 1 aliphatic carbocycles. The quantitative estimate of drug-likeness (QED) is 0.472. The van der Waals surface area contributed by atoms with E-state index in [0.717, 1.165) is 0 Å². The molecule has 0 saturated carbocycles. The van der Waals surface area contributed by atoms with Crippen molar-refractivity contribution >= 4 is 29.1 Å². The Balaban J connectivity index is 2.03. The predicted octanol–water partition coefficient (Wildman–Crippen LogP) is 2.57. The third-order valence-electron chi connectivity index (χ3n) is 6.44. The number of hydrogen-bond acceptors (Lipinski definition) is 7. The van der Waals surface area contributed by atoms with Gasteiger partial charge in [0.15, 0.2) is 11.4 Å². The minimum absolute atomic E-state index is 0.104. The molecule has 0 aromatic heterocycles. The van der Waals surface area contributed by atoms with Gasteiger partial charge in [0, 0.05) is 23.0 Å². The number of fused-ring (bicyclic) bond motifs is 3. The summed E-state index contributed by atoms with van der Waals surface area (Å²) < 4.78 is 11.1. The van der Waals surface area contributed by atoms with E-state index < -0.39 is 53.1 Å². The zero-order valence-electron chi connectivity index (χ0n) is 18.1. The van der Waals surface area contributed by atoms with E-state index in [0.29, 0.717) is 16.9 Å². The molecule has 2 N–H and O–H groups in total. The number of Topliss-reactive ketones (excluding diaryl/α,β-unsaturated/α-hetero) is 2. The third kappa shape index (κ3) is 3.90. The van der Waals surface area contributed by atoms with Gasteiger partial charge in [-0.1, -0.05) is 31.5 Å². The number of esters is 1. The highest BCUT2D eigenvalue weighted by molar-refractivity contribution is 6.45. The number of allylic oxidation sites excluding steroid dienone is 3. The van der Waals surface area contributed by atoms with Gasteiger partial charge >= 0.3 is 5.97 Å². The van der Waals surface area contributed by atoms with Crippen LogP contribution in [0.4, 0.5) is 0 Å². The number of ether oxygens (including phenoxy) is 2. The fourth-order valence-electron chi connectivity index (χ4n) is 3.98. The van der Waals surface area contributed by atoms with Crippen LogP contribution in [0.15, 0.2) is 46.4 Å². The molecule has 31 heavy (non-hydrogen) atoms. The van der Waals surface area contributed by atoms with E-state index in [4.69, 9.17) is 21.1 Å². The first-order chi connectivity index (χ1) is 14.4. The number of aliphatic hydroxyl groups is 2. The van der Waals surface area contributed by atoms with E-state index in [2.05, 4.69) is 0 Å². The summed E-state index contributed by atoms with van der Waals surface area (Å²) in [7, 11) is 0. The van der Waals surface area contributed by atoms with Crippen LogP contribution in [0.2, 0.25) is 0 Å². The fourth-order valence-corrected chi connectivity index (χ4v) is 4.33. The van der Waals surface area contributed by atoms with Gasteiger partial charge in [-0.3, -0.25) is 14.4 Å². The summed E-state index contributed by atoms with van der Waals surface area (Å²) in [6.45, 7) is 7.96. The molecule has 0 aromatic rings. The molecule has 2 aliphatic heterocycles. The maximum atomic E-state index is 13.1. The highest BCUT2D eigenvalue weighted by Crippen LogP contribution is 2.52. The molecule has 3 rings (SSSR count). The zero-order valence-corrected chi connectivity index (χ0v) is 18.8. The van der Waals surface area contributed by atoms with Gasteiger partial charge in [0.1, 0.15) is 11.7 Å². The van der Waals surface area contributed by atoms with Crippen molar-refractivity contribution in [2.75, 3.05) is 0 Å². The Hall–Kier alpha value is -2.22. The molecule has 2 heterocycles. The minimum atomic E-state index is -1.63. The number of rotatable bonds is 6. The molecule has 1 fully saturated rings. The summed E-state index contributed by atoms with van der Waals surface area (Å²) in [5.74, 6) is -4.62. The number of halogens is 1. The van der Waals surface area contributed by atoms with Gasteiger partial charge in [-0.05, 0) is 32.9 Å². The monoisotopic (exact) mass is 450 g/mol. The molecule has 168 valence electrons. The van der Waals surface area contributed by atoms with Crippen molar-refractivity contribution < 1.29 is 34.1 Å². The van der Waals surface area contributed by atoms with Crippen LogP contribution in [0.1, 0.15) is 34.6 Å². The number of carbonyl (C=O) groups excluding carboxylic acids is 3. The molecule has 0 spiro atoms. The molecule has 0 radical (unpaired) electrons. The Kier molecular flexibility index (Phi) is 6.33. The van der Waals surface area contributed by atoms with Crippen molar-refractivity contribution in [3.05, 3.63) is 46.4 Å². The zero-order chi connectivity index (χ0) is 23.2. The van der Waals surface area contributed by atoms with Crippen LogP contribution in [-0.4, -0.2) is 45.6 Å². The minimum Gasteiger partial charge on any atom is -0.465 e. The van der Waals surface area contributed by atoms with E-state index in [9.17, 15) is 24.6 Å². The average molecular weight is 451 g/mol. The molecular formula is C23H27ClO7. The van der Waals surface area contributed by atoms with Gasteiger partial charge in [0.2, 0.25) is 5.78 Å². The Bertz CT molecular complexity index is 940. The van der Waals surface area contributed by atoms with Gasteiger partial charge in [-0.25, -0.2) is 0 Å². The number of aliphatic hydroxyl groups excluding tert-OH is 2. The van der Waals surface area contributed by atoms with Crippen LogP contribution in [0.5, 0.6) is 0 Å². The van der Waals surface area contributed by atoms with Crippen LogP contribution in [0.25, 0.3) is 0 Å². The molecule has 0 aromatic carbocycles. The smallest absolute Gasteiger partial charge is 0.318 e. The fraction of sp³-hybridized carbons (Fsp3) is 0.522. The van der Waals surface area contributed by atoms with E-state index in [-0.39, 0.29) is 11.0 Å². The third-order valence-corrected chi connectivity index (χ3v) is 6.81. The SMILES string of the molecule is C[C@H](/C=C/C1=CC2=C(Cl)C(=O)[C@@]3(C)OC(=O)[C@@H](C(=O)[C@H](C)[C@@H](C)O)[C@H]3C2=CO1)[C@@H](C)O. The molecule has 7 atom stereocenters. The van der Waals surface area contributed by atoms with Crippen molar-refractivity contribution in [1.29, 1.82) is 0 Å². The first kappa shape index (κ1) is 23.4. The highest BCUT2D eigenvalue weighted by atomic mass is 35.5. The highest BCUT2D eigenvalue weighted by Gasteiger charge is 2.64. The lowest BCUT2D eigenvalue weighted by Crippen LogP contribution is -2.48. The largest absolute Gasteiger partial charge is 0.465 e. The van der Waals surface area contributed by atoms with E-state index in [1.807, 2.05) is 6.92 Å². The van der Waals surface area contributed by atoms with Crippen LogP contribution < -0.4 is 0 Å². The van der Waals surface area contributed by atoms with Gasteiger partial charge in [0.05, 0.1) is 29.4 Å².